The lowest BCUT2D eigenvalue weighted by atomic mass is 10.2. The molecular formula is C18H24N4O5. The lowest BCUT2D eigenvalue weighted by Crippen LogP contribution is -2.49. The fourth-order valence-corrected chi connectivity index (χ4v) is 2.82. The minimum Gasteiger partial charge on any atom is -0.463 e. The summed E-state index contributed by atoms with van der Waals surface area (Å²) in [6.45, 7) is 7.14. The second-order valence-corrected chi connectivity index (χ2v) is 6.02. The van der Waals surface area contributed by atoms with Crippen LogP contribution in [0.5, 0.6) is 0 Å². The molecule has 1 aliphatic heterocycles. The Kier molecular flexibility index (Phi) is 6.89. The van der Waals surface area contributed by atoms with Gasteiger partial charge in [0.2, 0.25) is 11.8 Å². The first kappa shape index (κ1) is 20.4. The van der Waals surface area contributed by atoms with Gasteiger partial charge in [-0.2, -0.15) is 10.0 Å². The van der Waals surface area contributed by atoms with Crippen LogP contribution in [0.3, 0.4) is 0 Å². The number of carbonyl (C=O) groups excluding carboxylic acids is 3. The summed E-state index contributed by atoms with van der Waals surface area (Å²) in [4.78, 5) is 49.6. The summed E-state index contributed by atoms with van der Waals surface area (Å²) in [6, 6.07) is 5.71. The maximum atomic E-state index is 12.2. The molecule has 0 bridgehead atoms. The summed E-state index contributed by atoms with van der Waals surface area (Å²) >= 11 is 0. The molecule has 146 valence electrons. The third-order valence-corrected chi connectivity index (χ3v) is 4.39. The van der Waals surface area contributed by atoms with Gasteiger partial charge in [-0.15, -0.1) is 0 Å². The van der Waals surface area contributed by atoms with Gasteiger partial charge >= 0.3 is 6.09 Å². The van der Waals surface area contributed by atoms with Gasteiger partial charge in [0.25, 0.3) is 5.91 Å². The number of benzene rings is 1. The van der Waals surface area contributed by atoms with E-state index in [1.807, 2.05) is 13.8 Å². The summed E-state index contributed by atoms with van der Waals surface area (Å²) in [5.74, 6) is -1.41. The van der Waals surface area contributed by atoms with E-state index in [4.69, 9.17) is 0 Å². The highest BCUT2D eigenvalue weighted by Crippen LogP contribution is 2.23. The molecule has 1 fully saturated rings. The van der Waals surface area contributed by atoms with Crippen molar-refractivity contribution in [1.29, 1.82) is 0 Å². The average molecular weight is 376 g/mol. The summed E-state index contributed by atoms with van der Waals surface area (Å²) in [6.07, 6.45) is -1.49. The molecule has 9 heteroatoms. The molecule has 1 aliphatic rings. The lowest BCUT2D eigenvalue weighted by molar-refractivity contribution is -0.138. The number of likely N-dealkylation sites (N-methyl/N-ethyl adjacent to an activating group) is 1. The van der Waals surface area contributed by atoms with Gasteiger partial charge in [-0.05, 0) is 37.4 Å². The van der Waals surface area contributed by atoms with Crippen LogP contribution in [0.4, 0.5) is 10.5 Å². The molecule has 0 aliphatic carbocycles. The third kappa shape index (κ3) is 4.82. The Bertz CT molecular complexity index is 699. The van der Waals surface area contributed by atoms with Gasteiger partial charge < -0.3 is 15.3 Å². The largest absolute Gasteiger partial charge is 0.463 e. The van der Waals surface area contributed by atoms with E-state index < -0.39 is 17.9 Å². The average Bonchev–Trinajstić information content (AvgIpc) is 2.98. The van der Waals surface area contributed by atoms with Crippen LogP contribution in [0.2, 0.25) is 0 Å². The Morgan fingerprint density at radius 2 is 1.63 bits per heavy atom. The first-order valence-electron chi connectivity index (χ1n) is 8.88. The maximum absolute atomic E-state index is 12.2. The number of carboxylic acid groups (broad SMARTS) is 1. The van der Waals surface area contributed by atoms with Gasteiger partial charge in [0.1, 0.15) is 0 Å². The topological polar surface area (TPSA) is 110 Å². The van der Waals surface area contributed by atoms with Crippen LogP contribution < -0.4 is 10.3 Å². The summed E-state index contributed by atoms with van der Waals surface area (Å²) in [5.41, 5.74) is 0.480. The molecule has 0 atom stereocenters. The lowest BCUT2D eigenvalue weighted by Gasteiger charge is -2.27. The summed E-state index contributed by atoms with van der Waals surface area (Å²) in [5, 5.41) is 13.5. The Morgan fingerprint density at radius 1 is 1.07 bits per heavy atom. The zero-order chi connectivity index (χ0) is 20.0. The highest BCUT2D eigenvalue weighted by Gasteiger charge is 2.37. The molecule has 2 N–H and O–H groups in total. The van der Waals surface area contributed by atoms with E-state index in [9.17, 15) is 24.3 Å². The maximum Gasteiger partial charge on any atom is 0.431 e. The van der Waals surface area contributed by atoms with Crippen LogP contribution in [0.1, 0.15) is 37.0 Å². The minimum atomic E-state index is -1.45. The number of hydrogen-bond donors (Lipinski definition) is 2. The molecule has 0 unspecified atom stereocenters. The predicted octanol–water partition coefficient (Wildman–Crippen LogP) is 1.31. The number of hydrazine groups is 1. The normalized spacial score (nSPS) is 14.0. The van der Waals surface area contributed by atoms with Crippen molar-refractivity contribution in [3.63, 3.8) is 0 Å². The predicted molar refractivity (Wildman–Crippen MR) is 98.2 cm³/mol. The van der Waals surface area contributed by atoms with Gasteiger partial charge in [0, 0.05) is 31.5 Å². The molecular weight excluding hydrogens is 352 g/mol. The molecule has 9 nitrogen and oxygen atoms in total. The van der Waals surface area contributed by atoms with E-state index in [-0.39, 0.29) is 24.4 Å². The second kappa shape index (κ2) is 9.13. The first-order chi connectivity index (χ1) is 12.9. The van der Waals surface area contributed by atoms with Crippen molar-refractivity contribution in [1.82, 2.24) is 15.2 Å². The molecule has 1 saturated heterocycles. The molecule has 1 aromatic rings. The quantitative estimate of drug-likeness (QED) is 0.662. The Labute approximate surface area is 157 Å². The standard InChI is InChI=1S/C18H24N4O5/c1-3-20(4-2)12-11-19-17(25)13-5-7-14(8-6-13)21(18(26)27)22-15(23)9-10-16(22)24/h5-8H,3-4,9-12H2,1-2H3,(H,19,25)(H,26,27). The second-order valence-electron chi connectivity index (χ2n) is 6.02. The van der Waals surface area contributed by atoms with Gasteiger partial charge in [0.15, 0.2) is 0 Å². The van der Waals surface area contributed by atoms with Crippen molar-refractivity contribution < 1.29 is 24.3 Å². The summed E-state index contributed by atoms with van der Waals surface area (Å²) in [7, 11) is 0. The molecule has 0 radical (unpaired) electrons. The number of amides is 4. The smallest absolute Gasteiger partial charge is 0.431 e. The van der Waals surface area contributed by atoms with E-state index >= 15 is 0 Å². The number of carbonyl (C=O) groups is 4. The van der Waals surface area contributed by atoms with Crippen molar-refractivity contribution in [2.45, 2.75) is 26.7 Å². The first-order valence-corrected chi connectivity index (χ1v) is 8.88. The van der Waals surface area contributed by atoms with E-state index in [2.05, 4.69) is 10.2 Å². The van der Waals surface area contributed by atoms with E-state index in [0.29, 0.717) is 22.1 Å². The molecule has 27 heavy (non-hydrogen) atoms. The van der Waals surface area contributed by atoms with Crippen LogP contribution in [0.15, 0.2) is 24.3 Å². The van der Waals surface area contributed by atoms with Gasteiger partial charge in [-0.3, -0.25) is 14.4 Å². The van der Waals surface area contributed by atoms with Crippen molar-refractivity contribution in [2.24, 2.45) is 0 Å². The monoisotopic (exact) mass is 376 g/mol. The van der Waals surface area contributed by atoms with Gasteiger partial charge in [0.05, 0.1) is 5.69 Å². The van der Waals surface area contributed by atoms with E-state index in [1.54, 1.807) is 0 Å². The SMILES string of the molecule is CCN(CC)CCNC(=O)c1ccc(N(C(=O)O)N2C(=O)CCC2=O)cc1. The summed E-state index contributed by atoms with van der Waals surface area (Å²) < 4.78 is 0. The molecule has 2 rings (SSSR count). The number of hydrogen-bond acceptors (Lipinski definition) is 5. The molecule has 0 spiro atoms. The fraction of sp³-hybridized carbons (Fsp3) is 0.444. The highest BCUT2D eigenvalue weighted by molar-refractivity contribution is 6.07. The molecule has 4 amide bonds. The number of imide groups is 1. The van der Waals surface area contributed by atoms with Crippen LogP contribution >= 0.6 is 0 Å². The Morgan fingerprint density at radius 3 is 2.11 bits per heavy atom. The molecule has 0 saturated carbocycles. The van der Waals surface area contributed by atoms with Crippen LogP contribution in [-0.4, -0.2) is 65.0 Å². The number of anilines is 1. The number of nitrogens with zero attached hydrogens (tertiary/aromatic N) is 3. The van der Waals surface area contributed by atoms with Crippen molar-refractivity contribution in [3.05, 3.63) is 29.8 Å². The molecule has 1 aromatic carbocycles. The number of nitrogens with one attached hydrogen (secondary N) is 1. The van der Waals surface area contributed by atoms with Crippen LogP contribution in [0.25, 0.3) is 0 Å². The van der Waals surface area contributed by atoms with Crippen LogP contribution in [-0.2, 0) is 9.59 Å². The fourth-order valence-electron chi connectivity index (χ4n) is 2.82. The Hall–Kier alpha value is -2.94. The van der Waals surface area contributed by atoms with Crippen LogP contribution in [0, 0.1) is 0 Å². The van der Waals surface area contributed by atoms with Crippen molar-refractivity contribution in [3.8, 4) is 0 Å². The van der Waals surface area contributed by atoms with Gasteiger partial charge in [-0.25, -0.2) is 4.79 Å². The van der Waals surface area contributed by atoms with Gasteiger partial charge in [-0.1, -0.05) is 13.8 Å². The van der Waals surface area contributed by atoms with Crippen molar-refractivity contribution >= 4 is 29.5 Å². The van der Waals surface area contributed by atoms with E-state index in [0.717, 1.165) is 19.6 Å². The molecule has 1 heterocycles. The zero-order valence-electron chi connectivity index (χ0n) is 15.5. The molecule has 0 aromatic heterocycles. The van der Waals surface area contributed by atoms with E-state index in [1.165, 1.54) is 24.3 Å². The minimum absolute atomic E-state index is 0.0182. The van der Waals surface area contributed by atoms with Crippen molar-refractivity contribution in [2.75, 3.05) is 31.2 Å². The third-order valence-electron chi connectivity index (χ3n) is 4.39. The highest BCUT2D eigenvalue weighted by atomic mass is 16.4. The zero-order valence-corrected chi connectivity index (χ0v) is 15.5. The Balaban J connectivity index is 2.06. The number of rotatable bonds is 8.